The van der Waals surface area contributed by atoms with Crippen LogP contribution < -0.4 is 9.47 Å². The van der Waals surface area contributed by atoms with Crippen molar-refractivity contribution in [2.45, 2.75) is 12.5 Å². The Labute approximate surface area is 128 Å². The Morgan fingerprint density at radius 3 is 2.45 bits per heavy atom. The predicted molar refractivity (Wildman–Crippen MR) is 81.2 cm³/mol. The van der Waals surface area contributed by atoms with Gasteiger partial charge in [-0.05, 0) is 23.3 Å². The normalized spacial score (nSPS) is 11.7. The number of hydrogen-bond donors (Lipinski definition) is 2. The molecule has 2 N–H and O–H groups in total. The molecule has 2 rings (SSSR count). The van der Waals surface area contributed by atoms with Crippen LogP contribution in [0.1, 0.15) is 17.0 Å². The molecule has 0 fully saturated rings. The Morgan fingerprint density at radius 2 is 1.86 bits per heavy atom. The molecule has 0 radical (unpaired) electrons. The van der Waals surface area contributed by atoms with Gasteiger partial charge in [0.25, 0.3) is 0 Å². The number of benzene rings is 2. The maximum atomic E-state index is 11.1. The Balaban J connectivity index is 2.17. The van der Waals surface area contributed by atoms with Crippen molar-refractivity contribution < 1.29 is 24.5 Å². The summed E-state index contributed by atoms with van der Waals surface area (Å²) in [6, 6.07) is 14.5. The lowest BCUT2D eigenvalue weighted by Gasteiger charge is -2.15. The second-order valence-corrected chi connectivity index (χ2v) is 4.76. The Kier molecular flexibility index (Phi) is 5.38. The average molecular weight is 302 g/mol. The van der Waals surface area contributed by atoms with Crippen LogP contribution in [-0.2, 0) is 11.4 Å². The van der Waals surface area contributed by atoms with Crippen molar-refractivity contribution in [1.82, 2.24) is 0 Å². The SMILES string of the molecule is COc1cc(C(CO)C(=O)O)ccc1OCc1ccccc1. The molecule has 1 unspecified atom stereocenters. The number of carbonyl (C=O) groups is 1. The molecule has 0 amide bonds. The average Bonchev–Trinajstić information content (AvgIpc) is 2.54. The van der Waals surface area contributed by atoms with Crippen molar-refractivity contribution in [1.29, 1.82) is 0 Å². The van der Waals surface area contributed by atoms with E-state index >= 15 is 0 Å². The number of carboxylic acids is 1. The third-order valence-corrected chi connectivity index (χ3v) is 3.31. The lowest BCUT2D eigenvalue weighted by molar-refractivity contribution is -0.139. The molecule has 1 atom stereocenters. The molecule has 2 aromatic rings. The molecule has 2 aromatic carbocycles. The molecule has 5 heteroatoms. The maximum absolute atomic E-state index is 11.1. The highest BCUT2D eigenvalue weighted by Gasteiger charge is 2.20. The van der Waals surface area contributed by atoms with Crippen molar-refractivity contribution in [3.63, 3.8) is 0 Å². The van der Waals surface area contributed by atoms with Crippen LogP contribution in [0.4, 0.5) is 0 Å². The Hall–Kier alpha value is -2.53. The first kappa shape index (κ1) is 15.9. The van der Waals surface area contributed by atoms with Crippen LogP contribution in [0.5, 0.6) is 11.5 Å². The highest BCUT2D eigenvalue weighted by Crippen LogP contribution is 2.31. The monoisotopic (exact) mass is 302 g/mol. The van der Waals surface area contributed by atoms with E-state index in [1.807, 2.05) is 30.3 Å². The molecule has 0 saturated carbocycles. The molecule has 116 valence electrons. The molecule has 0 aliphatic heterocycles. The van der Waals surface area contributed by atoms with Crippen molar-refractivity contribution in [3.05, 3.63) is 59.7 Å². The third-order valence-electron chi connectivity index (χ3n) is 3.31. The van der Waals surface area contributed by atoms with E-state index in [1.54, 1.807) is 18.2 Å². The van der Waals surface area contributed by atoms with Gasteiger partial charge in [-0.2, -0.15) is 0 Å². The van der Waals surface area contributed by atoms with E-state index in [-0.39, 0.29) is 0 Å². The summed E-state index contributed by atoms with van der Waals surface area (Å²) in [6.07, 6.45) is 0. The number of rotatable bonds is 7. The van der Waals surface area contributed by atoms with E-state index < -0.39 is 18.5 Å². The molecule has 0 aromatic heterocycles. The Morgan fingerprint density at radius 1 is 1.14 bits per heavy atom. The van der Waals surface area contributed by atoms with Gasteiger partial charge in [0.1, 0.15) is 12.5 Å². The van der Waals surface area contributed by atoms with Crippen molar-refractivity contribution >= 4 is 5.97 Å². The van der Waals surface area contributed by atoms with Crippen LogP contribution in [0.15, 0.2) is 48.5 Å². The molecule has 0 bridgehead atoms. The zero-order valence-corrected chi connectivity index (χ0v) is 12.2. The molecule has 0 aliphatic carbocycles. The number of methoxy groups -OCH3 is 1. The molecule has 0 heterocycles. The van der Waals surface area contributed by atoms with Crippen LogP contribution in [0.2, 0.25) is 0 Å². The summed E-state index contributed by atoms with van der Waals surface area (Å²) < 4.78 is 11.0. The number of aliphatic hydroxyl groups is 1. The quantitative estimate of drug-likeness (QED) is 0.821. The first-order valence-electron chi connectivity index (χ1n) is 6.84. The van der Waals surface area contributed by atoms with Gasteiger partial charge in [0.15, 0.2) is 11.5 Å². The first-order valence-corrected chi connectivity index (χ1v) is 6.84. The molecular formula is C17H18O5. The fourth-order valence-electron chi connectivity index (χ4n) is 2.08. The highest BCUT2D eigenvalue weighted by molar-refractivity contribution is 5.76. The van der Waals surface area contributed by atoms with Gasteiger partial charge in [-0.25, -0.2) is 0 Å². The van der Waals surface area contributed by atoms with E-state index in [1.165, 1.54) is 7.11 Å². The summed E-state index contributed by atoms with van der Waals surface area (Å²) in [4.78, 5) is 11.1. The predicted octanol–water partition coefficient (Wildman–Crippen LogP) is 2.43. The highest BCUT2D eigenvalue weighted by atomic mass is 16.5. The van der Waals surface area contributed by atoms with Crippen LogP contribution >= 0.6 is 0 Å². The van der Waals surface area contributed by atoms with Crippen molar-refractivity contribution in [2.75, 3.05) is 13.7 Å². The van der Waals surface area contributed by atoms with E-state index in [9.17, 15) is 9.90 Å². The van der Waals surface area contributed by atoms with Gasteiger partial charge >= 0.3 is 5.97 Å². The fourth-order valence-corrected chi connectivity index (χ4v) is 2.08. The second-order valence-electron chi connectivity index (χ2n) is 4.76. The van der Waals surface area contributed by atoms with Crippen LogP contribution in [0, 0.1) is 0 Å². The fraction of sp³-hybridized carbons (Fsp3) is 0.235. The van der Waals surface area contributed by atoms with Gasteiger partial charge in [-0.3, -0.25) is 4.79 Å². The van der Waals surface area contributed by atoms with Gasteiger partial charge < -0.3 is 19.7 Å². The largest absolute Gasteiger partial charge is 0.493 e. The molecule has 5 nitrogen and oxygen atoms in total. The van der Waals surface area contributed by atoms with Gasteiger partial charge in [0.05, 0.1) is 13.7 Å². The minimum atomic E-state index is -1.08. The molecule has 22 heavy (non-hydrogen) atoms. The maximum Gasteiger partial charge on any atom is 0.313 e. The zero-order valence-electron chi connectivity index (χ0n) is 12.2. The number of hydrogen-bond acceptors (Lipinski definition) is 4. The summed E-state index contributed by atoms with van der Waals surface area (Å²) in [5.74, 6) is -1.09. The summed E-state index contributed by atoms with van der Waals surface area (Å²) in [6.45, 7) is -0.0817. The van der Waals surface area contributed by atoms with Crippen LogP contribution in [-0.4, -0.2) is 29.9 Å². The van der Waals surface area contributed by atoms with Gasteiger partial charge in [-0.15, -0.1) is 0 Å². The second kappa shape index (κ2) is 7.47. The van der Waals surface area contributed by atoms with Gasteiger partial charge in [-0.1, -0.05) is 36.4 Å². The smallest absolute Gasteiger partial charge is 0.313 e. The third kappa shape index (κ3) is 3.77. The van der Waals surface area contributed by atoms with E-state index in [0.717, 1.165) is 5.56 Å². The number of aliphatic carboxylic acids is 1. The summed E-state index contributed by atoms with van der Waals surface area (Å²) in [5, 5.41) is 18.3. The Bertz CT molecular complexity index is 624. The van der Waals surface area contributed by atoms with Crippen LogP contribution in [0.25, 0.3) is 0 Å². The van der Waals surface area contributed by atoms with Crippen molar-refractivity contribution in [3.8, 4) is 11.5 Å². The number of carboxylic acid groups (broad SMARTS) is 1. The number of ether oxygens (including phenoxy) is 2. The summed E-state index contributed by atoms with van der Waals surface area (Å²) in [7, 11) is 1.49. The lowest BCUT2D eigenvalue weighted by Crippen LogP contribution is -2.15. The topological polar surface area (TPSA) is 76.0 Å². The first-order chi connectivity index (χ1) is 10.7. The molecule has 0 spiro atoms. The minimum Gasteiger partial charge on any atom is -0.493 e. The van der Waals surface area contributed by atoms with E-state index in [0.29, 0.717) is 23.7 Å². The summed E-state index contributed by atoms with van der Waals surface area (Å²) in [5.41, 5.74) is 1.49. The standard InChI is InChI=1S/C17H18O5/c1-21-16-9-13(14(10-18)17(19)20)7-8-15(16)22-11-12-5-3-2-4-6-12/h2-9,14,18H,10-11H2,1H3,(H,19,20). The van der Waals surface area contributed by atoms with E-state index in [2.05, 4.69) is 0 Å². The lowest BCUT2D eigenvalue weighted by atomic mass is 10.00. The zero-order chi connectivity index (χ0) is 15.9. The van der Waals surface area contributed by atoms with Gasteiger partial charge in [0, 0.05) is 0 Å². The van der Waals surface area contributed by atoms with Gasteiger partial charge in [0.2, 0.25) is 0 Å². The molecule has 0 saturated heterocycles. The van der Waals surface area contributed by atoms with Crippen LogP contribution in [0.3, 0.4) is 0 Å². The van der Waals surface area contributed by atoms with Crippen molar-refractivity contribution in [2.24, 2.45) is 0 Å². The molecule has 0 aliphatic rings. The van der Waals surface area contributed by atoms with E-state index in [4.69, 9.17) is 14.6 Å². The molecular weight excluding hydrogens is 284 g/mol. The summed E-state index contributed by atoms with van der Waals surface area (Å²) >= 11 is 0. The minimum absolute atomic E-state index is 0.388. The number of aliphatic hydroxyl groups excluding tert-OH is 1.